The molecule has 2 amide bonds. The molecule has 96 valence electrons. The minimum Gasteiger partial charge on any atom is -0.328 e. The third-order valence-corrected chi connectivity index (χ3v) is 3.38. The van der Waals surface area contributed by atoms with Crippen LogP contribution in [0.5, 0.6) is 0 Å². The van der Waals surface area contributed by atoms with Gasteiger partial charge in [0.15, 0.2) is 0 Å². The molecule has 1 atom stereocenters. The van der Waals surface area contributed by atoms with Crippen LogP contribution < -0.4 is 5.73 Å². The lowest BCUT2D eigenvalue weighted by Crippen LogP contribution is -2.56. The standard InChI is InChI=1S/C11H23N3O.ClH/c1-5-13(4)10(15)14-7-6-9(12)11(2,3)8-14;/h9H,5-8,12H2,1-4H3;1H. The number of likely N-dealkylation sites (tertiary alicyclic amines) is 1. The molecule has 2 N–H and O–H groups in total. The van der Waals surface area contributed by atoms with E-state index < -0.39 is 0 Å². The highest BCUT2D eigenvalue weighted by Gasteiger charge is 2.35. The molecule has 1 aliphatic rings. The van der Waals surface area contributed by atoms with Crippen LogP contribution in [0, 0.1) is 5.41 Å². The van der Waals surface area contributed by atoms with Gasteiger partial charge in [0.2, 0.25) is 0 Å². The van der Waals surface area contributed by atoms with Crippen molar-refractivity contribution in [3.05, 3.63) is 0 Å². The Kier molecular flexibility index (Phi) is 5.56. The fourth-order valence-electron chi connectivity index (χ4n) is 1.91. The third-order valence-electron chi connectivity index (χ3n) is 3.38. The fraction of sp³-hybridized carbons (Fsp3) is 0.909. The Hall–Kier alpha value is -0.480. The summed E-state index contributed by atoms with van der Waals surface area (Å²) in [5, 5.41) is 0. The van der Waals surface area contributed by atoms with Crippen molar-refractivity contribution in [2.75, 3.05) is 26.7 Å². The Morgan fingerprint density at radius 1 is 1.56 bits per heavy atom. The molecule has 0 bridgehead atoms. The van der Waals surface area contributed by atoms with Crippen molar-refractivity contribution in [1.29, 1.82) is 0 Å². The minimum atomic E-state index is 0. The number of carbonyl (C=O) groups is 1. The van der Waals surface area contributed by atoms with E-state index in [0.717, 1.165) is 26.1 Å². The van der Waals surface area contributed by atoms with Gasteiger partial charge in [-0.1, -0.05) is 13.8 Å². The quantitative estimate of drug-likeness (QED) is 0.767. The molecule has 0 aliphatic carbocycles. The molecule has 0 aromatic rings. The van der Waals surface area contributed by atoms with Crippen molar-refractivity contribution in [3.63, 3.8) is 0 Å². The lowest BCUT2D eigenvalue weighted by atomic mass is 9.80. The summed E-state index contributed by atoms with van der Waals surface area (Å²) in [6, 6.07) is 0.325. The first-order valence-corrected chi connectivity index (χ1v) is 5.64. The van der Waals surface area contributed by atoms with Crippen LogP contribution >= 0.6 is 12.4 Å². The van der Waals surface area contributed by atoms with E-state index in [1.807, 2.05) is 18.9 Å². The van der Waals surface area contributed by atoms with Crippen LogP contribution in [-0.4, -0.2) is 48.6 Å². The van der Waals surface area contributed by atoms with E-state index in [0.29, 0.717) is 0 Å². The maximum atomic E-state index is 11.9. The van der Waals surface area contributed by atoms with E-state index in [9.17, 15) is 4.79 Å². The highest BCUT2D eigenvalue weighted by molar-refractivity contribution is 5.85. The normalized spacial score (nSPS) is 23.6. The molecule has 1 heterocycles. The number of amides is 2. The molecule has 0 aromatic heterocycles. The van der Waals surface area contributed by atoms with E-state index in [1.54, 1.807) is 4.90 Å². The predicted octanol–water partition coefficient (Wildman–Crippen LogP) is 1.54. The van der Waals surface area contributed by atoms with Gasteiger partial charge >= 0.3 is 6.03 Å². The van der Waals surface area contributed by atoms with Crippen LogP contribution in [0.15, 0.2) is 0 Å². The summed E-state index contributed by atoms with van der Waals surface area (Å²) < 4.78 is 0. The van der Waals surface area contributed by atoms with Gasteiger partial charge in [-0.25, -0.2) is 4.79 Å². The first-order valence-electron chi connectivity index (χ1n) is 5.64. The lowest BCUT2D eigenvalue weighted by Gasteiger charge is -2.43. The molecule has 1 aliphatic heterocycles. The topological polar surface area (TPSA) is 49.6 Å². The van der Waals surface area contributed by atoms with Crippen LogP contribution in [0.4, 0.5) is 4.79 Å². The summed E-state index contributed by atoms with van der Waals surface area (Å²) in [5.74, 6) is 0. The molecule has 0 radical (unpaired) electrons. The number of halogens is 1. The monoisotopic (exact) mass is 249 g/mol. The van der Waals surface area contributed by atoms with Gasteiger partial charge in [-0.05, 0) is 18.8 Å². The highest BCUT2D eigenvalue weighted by Crippen LogP contribution is 2.27. The van der Waals surface area contributed by atoms with Crippen molar-refractivity contribution >= 4 is 18.4 Å². The number of piperidine rings is 1. The fourth-order valence-corrected chi connectivity index (χ4v) is 1.91. The second-order valence-electron chi connectivity index (χ2n) is 5.10. The molecule has 4 nitrogen and oxygen atoms in total. The van der Waals surface area contributed by atoms with Crippen molar-refractivity contribution in [2.45, 2.75) is 33.2 Å². The van der Waals surface area contributed by atoms with Gasteiger partial charge in [0.25, 0.3) is 0 Å². The van der Waals surface area contributed by atoms with Gasteiger partial charge < -0.3 is 15.5 Å². The Bertz CT molecular complexity index is 245. The largest absolute Gasteiger partial charge is 0.328 e. The molecule has 1 fully saturated rings. The average Bonchev–Trinajstić information content (AvgIpc) is 2.19. The Morgan fingerprint density at radius 3 is 2.56 bits per heavy atom. The van der Waals surface area contributed by atoms with Crippen LogP contribution in [-0.2, 0) is 0 Å². The van der Waals surface area contributed by atoms with Crippen molar-refractivity contribution in [1.82, 2.24) is 9.80 Å². The molecule has 0 saturated carbocycles. The van der Waals surface area contributed by atoms with Gasteiger partial charge in [0.1, 0.15) is 0 Å². The SMILES string of the molecule is CCN(C)C(=O)N1CCC(N)C(C)(C)C1.Cl. The summed E-state index contributed by atoms with van der Waals surface area (Å²) >= 11 is 0. The lowest BCUT2D eigenvalue weighted by molar-refractivity contribution is 0.0944. The van der Waals surface area contributed by atoms with E-state index in [-0.39, 0.29) is 29.9 Å². The third kappa shape index (κ3) is 3.25. The summed E-state index contributed by atoms with van der Waals surface area (Å²) in [5.41, 5.74) is 6.06. The Balaban J connectivity index is 0.00000225. The number of urea groups is 1. The molecular weight excluding hydrogens is 226 g/mol. The zero-order valence-corrected chi connectivity index (χ0v) is 11.5. The second-order valence-corrected chi connectivity index (χ2v) is 5.10. The van der Waals surface area contributed by atoms with Gasteiger partial charge in [-0.15, -0.1) is 12.4 Å². The van der Waals surface area contributed by atoms with Gasteiger partial charge in [0.05, 0.1) is 0 Å². The Labute approximate surface area is 105 Å². The van der Waals surface area contributed by atoms with Crippen molar-refractivity contribution < 1.29 is 4.79 Å². The zero-order valence-electron chi connectivity index (χ0n) is 10.7. The molecule has 1 saturated heterocycles. The zero-order chi connectivity index (χ0) is 11.6. The van der Waals surface area contributed by atoms with Crippen LogP contribution in [0.25, 0.3) is 0 Å². The molecular formula is C11H24ClN3O. The smallest absolute Gasteiger partial charge is 0.319 e. The summed E-state index contributed by atoms with van der Waals surface area (Å²) in [7, 11) is 1.84. The van der Waals surface area contributed by atoms with E-state index in [2.05, 4.69) is 13.8 Å². The maximum Gasteiger partial charge on any atom is 0.319 e. The molecule has 1 rings (SSSR count). The van der Waals surface area contributed by atoms with Crippen LogP contribution in [0.2, 0.25) is 0 Å². The number of nitrogens with zero attached hydrogens (tertiary/aromatic N) is 2. The van der Waals surface area contributed by atoms with Crippen molar-refractivity contribution in [3.8, 4) is 0 Å². The number of hydrogen-bond donors (Lipinski definition) is 1. The highest BCUT2D eigenvalue weighted by atomic mass is 35.5. The van der Waals surface area contributed by atoms with E-state index >= 15 is 0 Å². The number of nitrogens with two attached hydrogens (primary N) is 1. The van der Waals surface area contributed by atoms with E-state index in [1.165, 1.54) is 0 Å². The maximum absolute atomic E-state index is 11.9. The summed E-state index contributed by atoms with van der Waals surface area (Å²) in [4.78, 5) is 15.6. The second kappa shape index (κ2) is 5.73. The van der Waals surface area contributed by atoms with Gasteiger partial charge in [-0.3, -0.25) is 0 Å². The number of rotatable bonds is 1. The molecule has 0 aromatic carbocycles. The first-order chi connectivity index (χ1) is 6.88. The van der Waals surface area contributed by atoms with Gasteiger partial charge in [0, 0.05) is 32.7 Å². The van der Waals surface area contributed by atoms with E-state index in [4.69, 9.17) is 5.73 Å². The van der Waals surface area contributed by atoms with Crippen molar-refractivity contribution in [2.24, 2.45) is 11.1 Å². The number of hydrogen-bond acceptors (Lipinski definition) is 2. The predicted molar refractivity (Wildman–Crippen MR) is 68.9 cm³/mol. The first kappa shape index (κ1) is 15.5. The minimum absolute atomic E-state index is 0. The Morgan fingerprint density at radius 2 is 2.12 bits per heavy atom. The van der Waals surface area contributed by atoms with Crippen LogP contribution in [0.3, 0.4) is 0 Å². The molecule has 1 unspecified atom stereocenters. The summed E-state index contributed by atoms with van der Waals surface area (Å²) in [6.07, 6.45) is 0.899. The molecule has 0 spiro atoms. The van der Waals surface area contributed by atoms with Gasteiger partial charge in [-0.2, -0.15) is 0 Å². The average molecular weight is 250 g/mol. The van der Waals surface area contributed by atoms with Crippen LogP contribution in [0.1, 0.15) is 27.2 Å². The summed E-state index contributed by atoms with van der Waals surface area (Å²) in [6.45, 7) is 8.54. The molecule has 16 heavy (non-hydrogen) atoms. The molecule has 5 heteroatoms. The number of carbonyl (C=O) groups excluding carboxylic acids is 1.